The highest BCUT2D eigenvalue weighted by molar-refractivity contribution is 6.37. The molecule has 0 aliphatic rings. The molecule has 106 valence electrons. The van der Waals surface area contributed by atoms with Crippen molar-refractivity contribution in [2.75, 3.05) is 0 Å². The molecule has 0 unspecified atom stereocenters. The van der Waals surface area contributed by atoms with Crippen LogP contribution in [-0.4, -0.2) is 9.91 Å². The number of nitro groups is 1. The zero-order valence-electron chi connectivity index (χ0n) is 11.4. The molecule has 2 rings (SSSR count). The fourth-order valence-corrected chi connectivity index (χ4v) is 2.48. The lowest BCUT2D eigenvalue weighted by Gasteiger charge is -2.11. The summed E-state index contributed by atoms with van der Waals surface area (Å²) in [6.45, 7) is 5.45. The van der Waals surface area contributed by atoms with Gasteiger partial charge in [0.05, 0.1) is 10.4 Å². The zero-order chi connectivity index (χ0) is 15.0. The first-order chi connectivity index (χ1) is 9.32. The normalized spacial score (nSPS) is 11.3. The van der Waals surface area contributed by atoms with Gasteiger partial charge in [0.2, 0.25) is 0 Å². The fraction of sp³-hybridized carbons (Fsp3) is 0.357. The molecule has 4 nitrogen and oxygen atoms in total. The summed E-state index contributed by atoms with van der Waals surface area (Å²) in [6, 6.07) is 2.68. The Morgan fingerprint density at radius 3 is 2.65 bits per heavy atom. The van der Waals surface area contributed by atoms with Gasteiger partial charge in [0, 0.05) is 10.9 Å². The molecule has 0 fully saturated rings. The maximum atomic E-state index is 13.6. The average Bonchev–Trinajstić information content (AvgIpc) is 2.33. The second-order valence-corrected chi connectivity index (χ2v) is 5.52. The quantitative estimate of drug-likeness (QED) is 0.621. The van der Waals surface area contributed by atoms with E-state index in [1.807, 2.05) is 13.8 Å². The van der Waals surface area contributed by atoms with E-state index < -0.39 is 10.7 Å². The highest BCUT2D eigenvalue weighted by atomic mass is 35.5. The average molecular weight is 297 g/mol. The summed E-state index contributed by atoms with van der Waals surface area (Å²) in [4.78, 5) is 15.0. The molecule has 1 aromatic heterocycles. The SMILES string of the molecule is Cc1c(F)ccc2c(Cl)c([N+](=O)[O-])c(CC(C)C)nc12. The van der Waals surface area contributed by atoms with Crippen molar-refractivity contribution in [3.63, 3.8) is 0 Å². The predicted molar refractivity (Wildman–Crippen MR) is 76.6 cm³/mol. The minimum absolute atomic E-state index is 0.0266. The molecule has 0 aliphatic carbocycles. The highest BCUT2D eigenvalue weighted by Gasteiger charge is 2.25. The fourth-order valence-electron chi connectivity index (χ4n) is 2.15. The van der Waals surface area contributed by atoms with E-state index in [4.69, 9.17) is 11.6 Å². The Hall–Kier alpha value is -1.75. The Morgan fingerprint density at radius 2 is 2.10 bits per heavy atom. The molecule has 2 aromatic rings. The number of aryl methyl sites for hydroxylation is 1. The van der Waals surface area contributed by atoms with Crippen LogP contribution in [0.5, 0.6) is 0 Å². The molecule has 1 heterocycles. The van der Waals surface area contributed by atoms with Crippen LogP contribution in [0.4, 0.5) is 10.1 Å². The summed E-state index contributed by atoms with van der Waals surface area (Å²) in [6.07, 6.45) is 0.419. The van der Waals surface area contributed by atoms with E-state index in [0.29, 0.717) is 28.6 Å². The van der Waals surface area contributed by atoms with Gasteiger partial charge in [-0.15, -0.1) is 0 Å². The van der Waals surface area contributed by atoms with Crippen LogP contribution < -0.4 is 0 Å². The van der Waals surface area contributed by atoms with Gasteiger partial charge < -0.3 is 0 Å². The molecule has 20 heavy (non-hydrogen) atoms. The molecule has 1 aromatic carbocycles. The largest absolute Gasteiger partial charge is 0.309 e. The molecule has 0 amide bonds. The smallest absolute Gasteiger partial charge is 0.258 e. The van der Waals surface area contributed by atoms with E-state index in [0.717, 1.165) is 0 Å². The van der Waals surface area contributed by atoms with Crippen LogP contribution in [-0.2, 0) is 6.42 Å². The van der Waals surface area contributed by atoms with E-state index in [1.54, 1.807) is 6.92 Å². The number of aromatic nitrogens is 1. The lowest BCUT2D eigenvalue weighted by Crippen LogP contribution is -2.05. The van der Waals surface area contributed by atoms with E-state index in [1.165, 1.54) is 12.1 Å². The predicted octanol–water partition coefficient (Wildman–Crippen LogP) is 4.44. The summed E-state index contributed by atoms with van der Waals surface area (Å²) < 4.78 is 13.6. The zero-order valence-corrected chi connectivity index (χ0v) is 12.2. The second kappa shape index (κ2) is 5.32. The van der Waals surface area contributed by atoms with Crippen LogP contribution in [0.15, 0.2) is 12.1 Å². The molecular weight excluding hydrogens is 283 g/mol. The van der Waals surface area contributed by atoms with Crippen molar-refractivity contribution in [1.29, 1.82) is 0 Å². The first-order valence-corrected chi connectivity index (χ1v) is 6.62. The Kier molecular flexibility index (Phi) is 3.90. The third-order valence-corrected chi connectivity index (χ3v) is 3.50. The Bertz CT molecular complexity index is 701. The number of halogens is 2. The van der Waals surface area contributed by atoms with Gasteiger partial charge in [-0.3, -0.25) is 10.1 Å². The summed E-state index contributed by atoms with van der Waals surface area (Å²) in [5.41, 5.74) is 0.857. The van der Waals surface area contributed by atoms with Crippen LogP contribution in [0.2, 0.25) is 5.02 Å². The monoisotopic (exact) mass is 296 g/mol. The molecule has 0 aliphatic heterocycles. The molecule has 0 spiro atoms. The summed E-state index contributed by atoms with van der Waals surface area (Å²) in [5.74, 6) is -0.214. The lowest BCUT2D eigenvalue weighted by molar-refractivity contribution is -0.385. The van der Waals surface area contributed by atoms with E-state index >= 15 is 0 Å². The molecule has 0 radical (unpaired) electrons. The molecule has 0 saturated carbocycles. The van der Waals surface area contributed by atoms with Gasteiger partial charge in [-0.1, -0.05) is 25.4 Å². The number of hydrogen-bond donors (Lipinski definition) is 0. The third-order valence-electron chi connectivity index (χ3n) is 3.11. The molecule has 0 bridgehead atoms. The molecule has 6 heteroatoms. The number of pyridine rings is 1. The number of rotatable bonds is 3. The minimum atomic E-state index is -0.523. The van der Waals surface area contributed by atoms with E-state index in [2.05, 4.69) is 4.98 Å². The Morgan fingerprint density at radius 1 is 1.45 bits per heavy atom. The van der Waals surface area contributed by atoms with Crippen molar-refractivity contribution in [2.24, 2.45) is 5.92 Å². The standard InChI is InChI=1S/C14H14ClFN2O2/c1-7(2)6-11-14(18(19)20)12(15)9-4-5-10(16)8(3)13(9)17-11/h4-5,7H,6H2,1-3H3. The summed E-state index contributed by atoms with van der Waals surface area (Å²) in [5, 5.41) is 11.7. The van der Waals surface area contributed by atoms with Crippen molar-refractivity contribution in [3.8, 4) is 0 Å². The van der Waals surface area contributed by atoms with Gasteiger partial charge in [-0.25, -0.2) is 9.37 Å². The molecule has 0 saturated heterocycles. The van der Waals surface area contributed by atoms with Crippen LogP contribution >= 0.6 is 11.6 Å². The van der Waals surface area contributed by atoms with Crippen molar-refractivity contribution in [3.05, 3.63) is 44.3 Å². The Balaban J connectivity index is 2.85. The number of fused-ring (bicyclic) bond motifs is 1. The topological polar surface area (TPSA) is 56.0 Å². The van der Waals surface area contributed by atoms with Crippen molar-refractivity contribution in [1.82, 2.24) is 4.98 Å². The number of benzene rings is 1. The van der Waals surface area contributed by atoms with Crippen LogP contribution in [0.3, 0.4) is 0 Å². The molecule has 0 N–H and O–H groups in total. The maximum absolute atomic E-state index is 13.6. The van der Waals surface area contributed by atoms with Gasteiger partial charge >= 0.3 is 5.69 Å². The molecular formula is C14H14ClFN2O2. The van der Waals surface area contributed by atoms with Crippen LogP contribution in [0.1, 0.15) is 25.1 Å². The van der Waals surface area contributed by atoms with Crippen LogP contribution in [0, 0.1) is 28.8 Å². The Labute approximate surface area is 120 Å². The van der Waals surface area contributed by atoms with Gasteiger partial charge in [-0.05, 0) is 31.4 Å². The third kappa shape index (κ3) is 2.45. The second-order valence-electron chi connectivity index (χ2n) is 5.14. The first-order valence-electron chi connectivity index (χ1n) is 6.24. The maximum Gasteiger partial charge on any atom is 0.309 e. The van der Waals surface area contributed by atoms with Gasteiger partial charge in [0.25, 0.3) is 0 Å². The lowest BCUT2D eigenvalue weighted by atomic mass is 10.0. The van der Waals surface area contributed by atoms with Crippen molar-refractivity contribution < 1.29 is 9.31 Å². The number of hydrogen-bond acceptors (Lipinski definition) is 3. The first kappa shape index (κ1) is 14.7. The van der Waals surface area contributed by atoms with Gasteiger partial charge in [-0.2, -0.15) is 0 Å². The van der Waals surface area contributed by atoms with Crippen molar-refractivity contribution >= 4 is 28.2 Å². The molecule has 0 atom stereocenters. The van der Waals surface area contributed by atoms with Crippen LogP contribution in [0.25, 0.3) is 10.9 Å². The summed E-state index contributed by atoms with van der Waals surface area (Å²) >= 11 is 6.15. The van der Waals surface area contributed by atoms with Crippen molar-refractivity contribution in [2.45, 2.75) is 27.2 Å². The van der Waals surface area contributed by atoms with E-state index in [9.17, 15) is 14.5 Å². The minimum Gasteiger partial charge on any atom is -0.258 e. The summed E-state index contributed by atoms with van der Waals surface area (Å²) in [7, 11) is 0. The van der Waals surface area contributed by atoms with Gasteiger partial charge in [0.1, 0.15) is 16.5 Å². The van der Waals surface area contributed by atoms with Gasteiger partial charge in [0.15, 0.2) is 0 Å². The highest BCUT2D eigenvalue weighted by Crippen LogP contribution is 2.36. The van der Waals surface area contributed by atoms with E-state index in [-0.39, 0.29) is 16.6 Å². The number of nitrogens with zero attached hydrogens (tertiary/aromatic N) is 2.